The lowest BCUT2D eigenvalue weighted by Gasteiger charge is -2.07. The third-order valence-electron chi connectivity index (χ3n) is 4.28. The third kappa shape index (κ3) is 6.34. The molecule has 2 aromatic carbocycles. The number of aromatic nitrogens is 2. The Morgan fingerprint density at radius 2 is 1.77 bits per heavy atom. The molecule has 0 saturated heterocycles. The van der Waals surface area contributed by atoms with Crippen LogP contribution >= 0.6 is 0 Å². The van der Waals surface area contributed by atoms with Gasteiger partial charge in [-0.3, -0.25) is 25.1 Å². The molecule has 0 radical (unpaired) electrons. The molecular formula is C23H24N4O3. The number of hydrazine groups is 1. The zero-order valence-electron chi connectivity index (χ0n) is 17.0. The minimum Gasteiger partial charge on any atom is -0.489 e. The molecule has 0 fully saturated rings. The van der Waals surface area contributed by atoms with Gasteiger partial charge >= 0.3 is 0 Å². The number of hydrogen-bond donors (Lipinski definition) is 2. The Morgan fingerprint density at radius 3 is 2.43 bits per heavy atom. The maximum atomic E-state index is 11.9. The van der Waals surface area contributed by atoms with E-state index in [-0.39, 0.29) is 12.5 Å². The fraction of sp³-hybridized carbons (Fsp3) is 0.174. The van der Waals surface area contributed by atoms with Gasteiger partial charge in [0.05, 0.1) is 5.69 Å². The maximum Gasteiger partial charge on any atom is 0.262 e. The second-order valence-electron chi connectivity index (χ2n) is 6.80. The van der Waals surface area contributed by atoms with Crippen LogP contribution in [0.25, 0.3) is 6.08 Å². The number of benzene rings is 2. The maximum absolute atomic E-state index is 11.9. The number of aryl methyl sites for hydroxylation is 2. The highest BCUT2D eigenvalue weighted by molar-refractivity contribution is 5.93. The second kappa shape index (κ2) is 10.1. The Labute approximate surface area is 175 Å². The molecule has 0 aliphatic carbocycles. The predicted molar refractivity (Wildman–Crippen MR) is 114 cm³/mol. The lowest BCUT2D eigenvalue weighted by molar-refractivity contribution is -0.127. The average molecular weight is 404 g/mol. The molecule has 0 aliphatic heterocycles. The van der Waals surface area contributed by atoms with Crippen molar-refractivity contribution >= 4 is 17.9 Å². The molecule has 3 rings (SSSR count). The van der Waals surface area contributed by atoms with E-state index in [1.54, 1.807) is 10.8 Å². The topological polar surface area (TPSA) is 85.2 Å². The first-order valence-electron chi connectivity index (χ1n) is 9.54. The van der Waals surface area contributed by atoms with Crippen molar-refractivity contribution in [2.75, 3.05) is 0 Å². The van der Waals surface area contributed by atoms with Gasteiger partial charge in [-0.2, -0.15) is 5.10 Å². The van der Waals surface area contributed by atoms with E-state index in [9.17, 15) is 9.59 Å². The van der Waals surface area contributed by atoms with Crippen LogP contribution in [0.3, 0.4) is 0 Å². The van der Waals surface area contributed by atoms with Gasteiger partial charge in [-0.1, -0.05) is 42.5 Å². The Balaban J connectivity index is 1.42. The molecule has 7 nitrogen and oxygen atoms in total. The molecule has 7 heteroatoms. The molecular weight excluding hydrogens is 380 g/mol. The summed E-state index contributed by atoms with van der Waals surface area (Å²) in [5.41, 5.74) is 8.38. The molecule has 0 bridgehead atoms. The van der Waals surface area contributed by atoms with Crippen LogP contribution in [-0.2, 0) is 22.7 Å². The van der Waals surface area contributed by atoms with E-state index in [2.05, 4.69) is 16.0 Å². The molecule has 30 heavy (non-hydrogen) atoms. The summed E-state index contributed by atoms with van der Waals surface area (Å²) in [6, 6.07) is 19.2. The van der Waals surface area contributed by atoms with Crippen LogP contribution in [0.2, 0.25) is 0 Å². The van der Waals surface area contributed by atoms with Gasteiger partial charge in [-0.15, -0.1) is 0 Å². The van der Waals surface area contributed by atoms with Gasteiger partial charge in [-0.25, -0.2) is 0 Å². The van der Waals surface area contributed by atoms with Gasteiger partial charge in [-0.05, 0) is 49.2 Å². The molecule has 2 amide bonds. The molecule has 0 atom stereocenters. The minimum absolute atomic E-state index is 0.0358. The highest BCUT2D eigenvalue weighted by Gasteiger charge is 2.07. The van der Waals surface area contributed by atoms with Crippen molar-refractivity contribution in [2.24, 2.45) is 0 Å². The molecule has 154 valence electrons. The molecule has 0 unspecified atom stereocenters. The number of nitrogens with one attached hydrogen (secondary N) is 2. The summed E-state index contributed by atoms with van der Waals surface area (Å²) >= 11 is 0. The summed E-state index contributed by atoms with van der Waals surface area (Å²) in [5, 5.41) is 4.21. The second-order valence-corrected chi connectivity index (χ2v) is 6.80. The number of nitrogens with zero attached hydrogens (tertiary/aromatic N) is 2. The Hall–Kier alpha value is -3.87. The summed E-state index contributed by atoms with van der Waals surface area (Å²) in [7, 11) is 0. The molecule has 0 spiro atoms. The van der Waals surface area contributed by atoms with E-state index in [0.717, 1.165) is 28.3 Å². The average Bonchev–Trinajstić information content (AvgIpc) is 3.07. The first-order chi connectivity index (χ1) is 14.5. The molecule has 3 aromatic rings. The number of carbonyl (C=O) groups is 2. The van der Waals surface area contributed by atoms with E-state index in [4.69, 9.17) is 4.74 Å². The monoisotopic (exact) mass is 404 g/mol. The van der Waals surface area contributed by atoms with Crippen LogP contribution in [0.4, 0.5) is 0 Å². The number of amides is 2. The standard InChI is InChI=1S/C23H24N4O3/c1-17-14-18(2)27(26-17)15-23(29)25-24-22(28)13-10-19-8-11-21(12-9-19)30-16-20-6-4-3-5-7-20/h3-14H,15-16H2,1-2H3,(H,24,28)(H,25,29)/b13-10+. The molecule has 0 aliphatic rings. The number of hydrogen-bond acceptors (Lipinski definition) is 4. The normalized spacial score (nSPS) is 10.7. The Bertz CT molecular complexity index is 1020. The number of carbonyl (C=O) groups excluding carboxylic acids is 2. The van der Waals surface area contributed by atoms with E-state index >= 15 is 0 Å². The van der Waals surface area contributed by atoms with Crippen molar-refractivity contribution in [2.45, 2.75) is 27.0 Å². The van der Waals surface area contributed by atoms with E-state index in [0.29, 0.717) is 6.61 Å². The van der Waals surface area contributed by atoms with Crippen LogP contribution in [-0.4, -0.2) is 21.6 Å². The summed E-state index contributed by atoms with van der Waals surface area (Å²) in [5.74, 6) is -0.0409. The fourth-order valence-electron chi connectivity index (χ4n) is 2.77. The van der Waals surface area contributed by atoms with E-state index < -0.39 is 5.91 Å². The smallest absolute Gasteiger partial charge is 0.262 e. The van der Waals surface area contributed by atoms with Crippen molar-refractivity contribution < 1.29 is 14.3 Å². The van der Waals surface area contributed by atoms with Gasteiger partial charge in [0.1, 0.15) is 18.9 Å². The van der Waals surface area contributed by atoms with E-state index in [1.807, 2.05) is 74.5 Å². The summed E-state index contributed by atoms with van der Waals surface area (Å²) < 4.78 is 7.32. The summed E-state index contributed by atoms with van der Waals surface area (Å²) in [4.78, 5) is 23.8. The fourth-order valence-corrected chi connectivity index (χ4v) is 2.77. The largest absolute Gasteiger partial charge is 0.489 e. The summed E-state index contributed by atoms with van der Waals surface area (Å²) in [6.07, 6.45) is 3.01. The quantitative estimate of drug-likeness (QED) is 0.468. The summed E-state index contributed by atoms with van der Waals surface area (Å²) in [6.45, 7) is 4.26. The molecule has 1 heterocycles. The van der Waals surface area contributed by atoms with Crippen molar-refractivity contribution in [1.29, 1.82) is 0 Å². The van der Waals surface area contributed by atoms with Crippen molar-refractivity contribution in [3.05, 3.63) is 89.3 Å². The molecule has 2 N–H and O–H groups in total. The van der Waals surface area contributed by atoms with Crippen LogP contribution < -0.4 is 15.6 Å². The van der Waals surface area contributed by atoms with Crippen molar-refractivity contribution in [1.82, 2.24) is 20.6 Å². The lowest BCUT2D eigenvalue weighted by atomic mass is 10.2. The Morgan fingerprint density at radius 1 is 1.03 bits per heavy atom. The third-order valence-corrected chi connectivity index (χ3v) is 4.28. The zero-order valence-corrected chi connectivity index (χ0v) is 17.0. The van der Waals surface area contributed by atoms with Gasteiger partial charge in [0, 0.05) is 11.8 Å². The predicted octanol–water partition coefficient (Wildman–Crippen LogP) is 2.94. The highest BCUT2D eigenvalue weighted by atomic mass is 16.5. The number of rotatable bonds is 7. The van der Waals surface area contributed by atoms with Gasteiger partial charge in [0.2, 0.25) is 0 Å². The molecule has 1 aromatic heterocycles. The minimum atomic E-state index is -0.430. The van der Waals surface area contributed by atoms with Crippen molar-refractivity contribution in [3.8, 4) is 5.75 Å². The van der Waals surface area contributed by atoms with Gasteiger partial charge in [0.15, 0.2) is 0 Å². The molecule has 0 saturated carbocycles. The first-order valence-corrected chi connectivity index (χ1v) is 9.54. The SMILES string of the molecule is Cc1cc(C)n(CC(=O)NNC(=O)/C=C/c2ccc(OCc3ccccc3)cc2)n1. The Kier molecular flexibility index (Phi) is 7.00. The van der Waals surface area contributed by atoms with Crippen LogP contribution in [0.1, 0.15) is 22.5 Å². The van der Waals surface area contributed by atoms with E-state index in [1.165, 1.54) is 6.08 Å². The highest BCUT2D eigenvalue weighted by Crippen LogP contribution is 2.15. The number of ether oxygens (including phenoxy) is 1. The van der Waals surface area contributed by atoms with Crippen molar-refractivity contribution in [3.63, 3.8) is 0 Å². The van der Waals surface area contributed by atoms with Gasteiger partial charge in [0.25, 0.3) is 11.8 Å². The first kappa shape index (κ1) is 20.9. The van der Waals surface area contributed by atoms with Gasteiger partial charge < -0.3 is 4.74 Å². The van der Waals surface area contributed by atoms with Crippen LogP contribution in [0.15, 0.2) is 66.7 Å². The van der Waals surface area contributed by atoms with Crippen LogP contribution in [0, 0.1) is 13.8 Å². The zero-order chi connectivity index (χ0) is 21.3. The van der Waals surface area contributed by atoms with Crippen LogP contribution in [0.5, 0.6) is 5.75 Å². The lowest BCUT2D eigenvalue weighted by Crippen LogP contribution is -2.42.